The third-order valence-corrected chi connectivity index (χ3v) is 4.95. The van der Waals surface area contributed by atoms with Gasteiger partial charge < -0.3 is 14.6 Å². The molecule has 1 N–H and O–H groups in total. The number of aromatic nitrogens is 2. The maximum absolute atomic E-state index is 12.6. The molecule has 10 nitrogen and oxygen atoms in total. The average molecular weight is 402 g/mol. The summed E-state index contributed by atoms with van der Waals surface area (Å²) in [6.45, 7) is 1.36. The molecule has 0 bridgehead atoms. The van der Waals surface area contributed by atoms with E-state index < -0.39 is 23.2 Å². The summed E-state index contributed by atoms with van der Waals surface area (Å²) >= 11 is 0. The molecule has 1 aliphatic rings. The van der Waals surface area contributed by atoms with Gasteiger partial charge in [0.15, 0.2) is 11.5 Å². The molecule has 2 aromatic rings. The lowest BCUT2D eigenvalue weighted by molar-refractivity contribution is -0.130. The Morgan fingerprint density at radius 2 is 1.79 bits per heavy atom. The molecule has 154 valence electrons. The molecule has 0 radical (unpaired) electrons. The van der Waals surface area contributed by atoms with Gasteiger partial charge >= 0.3 is 5.69 Å². The molecule has 0 fully saturated rings. The topological polar surface area (TPSA) is 115 Å². The van der Waals surface area contributed by atoms with Crippen LogP contribution >= 0.6 is 0 Å². The number of amides is 1. The van der Waals surface area contributed by atoms with Gasteiger partial charge in [0.1, 0.15) is 5.56 Å². The molecular weight excluding hydrogens is 380 g/mol. The number of carbonyl (C=O) groups excluding carboxylic acids is 1. The van der Waals surface area contributed by atoms with E-state index >= 15 is 0 Å². The third kappa shape index (κ3) is 3.26. The van der Waals surface area contributed by atoms with Crippen molar-refractivity contribution in [3.05, 3.63) is 50.2 Å². The maximum atomic E-state index is 12.6. The standard InChI is InChI=1S/C19H22N4O6/c1-10(24)23-13(11-6-7-14(28-4)15(8-11)29-5)9-12(20-23)16-17(25)21(2)19(27)22(3)18(16)26/h6-8,13,25H,9H2,1-5H3/t13-/m0/s1. The second-order valence-electron chi connectivity index (χ2n) is 6.65. The Hall–Kier alpha value is -3.56. The second-order valence-corrected chi connectivity index (χ2v) is 6.65. The predicted octanol–water partition coefficient (Wildman–Crippen LogP) is 0.504. The fourth-order valence-corrected chi connectivity index (χ4v) is 3.36. The smallest absolute Gasteiger partial charge is 0.333 e. The summed E-state index contributed by atoms with van der Waals surface area (Å²) in [5.41, 5.74) is -0.509. The number of rotatable bonds is 4. The molecule has 0 saturated heterocycles. The number of carbonyl (C=O) groups is 1. The number of methoxy groups -OCH3 is 2. The first-order valence-corrected chi connectivity index (χ1v) is 8.79. The molecule has 0 aliphatic carbocycles. The van der Waals surface area contributed by atoms with E-state index in [4.69, 9.17) is 9.47 Å². The largest absolute Gasteiger partial charge is 0.494 e. The Labute approximate surface area is 166 Å². The van der Waals surface area contributed by atoms with E-state index in [0.29, 0.717) is 11.5 Å². The molecule has 1 aromatic carbocycles. The molecule has 3 rings (SSSR count). The van der Waals surface area contributed by atoms with Gasteiger partial charge in [0.25, 0.3) is 5.56 Å². The van der Waals surface area contributed by atoms with Crippen molar-refractivity contribution in [3.8, 4) is 17.4 Å². The Balaban J connectivity index is 2.11. The first-order valence-electron chi connectivity index (χ1n) is 8.79. The van der Waals surface area contributed by atoms with Crippen LogP contribution < -0.4 is 20.7 Å². The Kier molecular flexibility index (Phi) is 5.19. The van der Waals surface area contributed by atoms with E-state index in [9.17, 15) is 19.5 Å². The Morgan fingerprint density at radius 3 is 2.38 bits per heavy atom. The van der Waals surface area contributed by atoms with Crippen molar-refractivity contribution in [1.82, 2.24) is 14.1 Å². The number of aromatic hydroxyl groups is 1. The van der Waals surface area contributed by atoms with Crippen molar-refractivity contribution >= 4 is 11.6 Å². The minimum absolute atomic E-state index is 0.108. The van der Waals surface area contributed by atoms with E-state index in [1.807, 2.05) is 0 Å². The average Bonchev–Trinajstić information content (AvgIpc) is 3.15. The van der Waals surface area contributed by atoms with E-state index in [1.165, 1.54) is 40.2 Å². The first-order chi connectivity index (χ1) is 13.7. The molecular formula is C19H22N4O6. The monoisotopic (exact) mass is 402 g/mol. The molecule has 10 heteroatoms. The zero-order valence-corrected chi connectivity index (χ0v) is 16.8. The zero-order valence-electron chi connectivity index (χ0n) is 16.8. The molecule has 1 atom stereocenters. The van der Waals surface area contributed by atoms with Crippen molar-refractivity contribution in [1.29, 1.82) is 0 Å². The minimum Gasteiger partial charge on any atom is -0.494 e. The highest BCUT2D eigenvalue weighted by Gasteiger charge is 2.35. The van der Waals surface area contributed by atoms with Gasteiger partial charge in [-0.1, -0.05) is 6.07 Å². The van der Waals surface area contributed by atoms with Gasteiger partial charge in [-0.2, -0.15) is 5.10 Å². The van der Waals surface area contributed by atoms with Crippen LogP contribution in [0.25, 0.3) is 0 Å². The third-order valence-electron chi connectivity index (χ3n) is 4.95. The molecule has 1 amide bonds. The summed E-state index contributed by atoms with van der Waals surface area (Å²) < 4.78 is 12.4. The van der Waals surface area contributed by atoms with Crippen LogP contribution in [0.5, 0.6) is 17.4 Å². The van der Waals surface area contributed by atoms with Crippen LogP contribution in [-0.4, -0.2) is 45.1 Å². The van der Waals surface area contributed by atoms with Crippen LogP contribution in [-0.2, 0) is 18.9 Å². The summed E-state index contributed by atoms with van der Waals surface area (Å²) in [5.74, 6) is 0.200. The van der Waals surface area contributed by atoms with Crippen LogP contribution in [0, 0.1) is 0 Å². The van der Waals surface area contributed by atoms with Crippen molar-refractivity contribution in [2.45, 2.75) is 19.4 Å². The SMILES string of the molecule is COc1ccc([C@@H]2CC(c3c(O)n(C)c(=O)n(C)c3=O)=NN2C(C)=O)cc1OC. The lowest BCUT2D eigenvalue weighted by Gasteiger charge is -2.21. The summed E-state index contributed by atoms with van der Waals surface area (Å²) in [4.78, 5) is 36.8. The summed E-state index contributed by atoms with van der Waals surface area (Å²) in [6.07, 6.45) is 0.177. The van der Waals surface area contributed by atoms with E-state index in [2.05, 4.69) is 5.10 Å². The van der Waals surface area contributed by atoms with Gasteiger partial charge in [0, 0.05) is 27.4 Å². The fraction of sp³-hybridized carbons (Fsp3) is 0.368. The quantitative estimate of drug-likeness (QED) is 0.797. The molecule has 0 saturated carbocycles. The van der Waals surface area contributed by atoms with Gasteiger partial charge in [-0.05, 0) is 17.7 Å². The Bertz CT molecular complexity index is 1130. The van der Waals surface area contributed by atoms with E-state index in [1.54, 1.807) is 18.2 Å². The molecule has 2 heterocycles. The highest BCUT2D eigenvalue weighted by atomic mass is 16.5. The van der Waals surface area contributed by atoms with Crippen LogP contribution in [0.2, 0.25) is 0 Å². The van der Waals surface area contributed by atoms with Crippen molar-refractivity contribution in [2.24, 2.45) is 19.2 Å². The van der Waals surface area contributed by atoms with Crippen molar-refractivity contribution in [3.63, 3.8) is 0 Å². The van der Waals surface area contributed by atoms with E-state index in [-0.39, 0.29) is 23.6 Å². The molecule has 0 unspecified atom stereocenters. The predicted molar refractivity (Wildman–Crippen MR) is 105 cm³/mol. The number of ether oxygens (including phenoxy) is 2. The molecule has 0 spiro atoms. The summed E-state index contributed by atoms with van der Waals surface area (Å²) in [5, 5.41) is 15.9. The Morgan fingerprint density at radius 1 is 1.14 bits per heavy atom. The van der Waals surface area contributed by atoms with Crippen LogP contribution in [0.15, 0.2) is 32.9 Å². The van der Waals surface area contributed by atoms with Gasteiger partial charge in [-0.15, -0.1) is 0 Å². The maximum Gasteiger partial charge on any atom is 0.333 e. The van der Waals surface area contributed by atoms with Crippen molar-refractivity contribution < 1.29 is 19.4 Å². The molecule has 1 aromatic heterocycles. The van der Waals surface area contributed by atoms with Gasteiger partial charge in [0.2, 0.25) is 11.8 Å². The number of nitrogens with zero attached hydrogens (tertiary/aromatic N) is 4. The first kappa shape index (κ1) is 20.2. The number of hydrogen-bond acceptors (Lipinski definition) is 7. The number of hydrogen-bond donors (Lipinski definition) is 1. The second kappa shape index (κ2) is 7.46. The van der Waals surface area contributed by atoms with Gasteiger partial charge in [-0.3, -0.25) is 18.7 Å². The minimum atomic E-state index is -0.680. The van der Waals surface area contributed by atoms with Crippen LogP contribution in [0.4, 0.5) is 0 Å². The summed E-state index contributed by atoms with van der Waals surface area (Å²) in [7, 11) is 5.70. The highest BCUT2D eigenvalue weighted by molar-refractivity contribution is 6.04. The van der Waals surface area contributed by atoms with Gasteiger partial charge in [-0.25, -0.2) is 9.80 Å². The lowest BCUT2D eigenvalue weighted by Crippen LogP contribution is -2.39. The van der Waals surface area contributed by atoms with Crippen LogP contribution in [0.1, 0.15) is 30.5 Å². The van der Waals surface area contributed by atoms with Crippen molar-refractivity contribution in [2.75, 3.05) is 14.2 Å². The number of hydrazone groups is 1. The van der Waals surface area contributed by atoms with E-state index in [0.717, 1.165) is 14.7 Å². The molecule has 1 aliphatic heterocycles. The highest BCUT2D eigenvalue weighted by Crippen LogP contribution is 2.37. The van der Waals surface area contributed by atoms with Gasteiger partial charge in [0.05, 0.1) is 26.0 Å². The fourth-order valence-electron chi connectivity index (χ4n) is 3.36. The normalized spacial score (nSPS) is 16.0. The molecule has 29 heavy (non-hydrogen) atoms. The lowest BCUT2D eigenvalue weighted by atomic mass is 9.98. The van der Waals surface area contributed by atoms with Crippen LogP contribution in [0.3, 0.4) is 0 Å². The zero-order chi connectivity index (χ0) is 21.5. The number of benzene rings is 1. The summed E-state index contributed by atoms with van der Waals surface area (Å²) in [6, 6.07) is 4.71.